The van der Waals surface area contributed by atoms with E-state index in [4.69, 9.17) is 10.3 Å². The van der Waals surface area contributed by atoms with Crippen molar-refractivity contribution in [3.05, 3.63) is 10.4 Å². The van der Waals surface area contributed by atoms with E-state index < -0.39 is 6.10 Å². The van der Waals surface area contributed by atoms with E-state index in [0.717, 1.165) is 0 Å². The van der Waals surface area contributed by atoms with E-state index in [0.29, 0.717) is 6.54 Å². The van der Waals surface area contributed by atoms with Gasteiger partial charge in [-0.2, -0.15) is 0 Å². The maximum absolute atomic E-state index is 9.99. The molecule has 0 aromatic rings. The van der Waals surface area contributed by atoms with E-state index in [9.17, 15) is 5.11 Å². The van der Waals surface area contributed by atoms with Crippen LogP contribution in [0.25, 0.3) is 10.4 Å². The van der Waals surface area contributed by atoms with E-state index in [1.165, 1.54) is 0 Å². The van der Waals surface area contributed by atoms with Gasteiger partial charge in [0.05, 0.1) is 18.8 Å². The molecule has 5 nitrogen and oxygen atoms in total. The first-order valence-electron chi connectivity index (χ1n) is 4.99. The highest BCUT2D eigenvalue weighted by Crippen LogP contribution is 2.34. The molecule has 1 heterocycles. The van der Waals surface area contributed by atoms with Gasteiger partial charge in [-0.1, -0.05) is 19.0 Å². The molecule has 0 radical (unpaired) electrons. The van der Waals surface area contributed by atoms with Crippen LogP contribution in [0.1, 0.15) is 13.8 Å². The molecule has 86 valence electrons. The van der Waals surface area contributed by atoms with Crippen LogP contribution < -0.4 is 0 Å². The normalized spacial score (nSPS) is 40.9. The smallest absolute Gasteiger partial charge is 0.108 e. The van der Waals surface area contributed by atoms with E-state index >= 15 is 0 Å². The Morgan fingerprint density at radius 3 is 2.67 bits per heavy atom. The van der Waals surface area contributed by atoms with Crippen molar-refractivity contribution < 1.29 is 9.84 Å². The molecule has 0 spiro atoms. The van der Waals surface area contributed by atoms with Crippen molar-refractivity contribution in [3.63, 3.8) is 0 Å². The van der Waals surface area contributed by atoms with E-state index in [1.54, 1.807) is 11.8 Å². The first kappa shape index (κ1) is 12.6. The zero-order valence-corrected chi connectivity index (χ0v) is 10.0. The van der Waals surface area contributed by atoms with Gasteiger partial charge in [0.25, 0.3) is 0 Å². The van der Waals surface area contributed by atoms with Crippen LogP contribution in [-0.4, -0.2) is 35.6 Å². The minimum atomic E-state index is -0.393. The predicted molar refractivity (Wildman–Crippen MR) is 60.5 cm³/mol. The maximum atomic E-state index is 9.99. The summed E-state index contributed by atoms with van der Waals surface area (Å²) in [5, 5.41) is 13.5. The van der Waals surface area contributed by atoms with Crippen molar-refractivity contribution >= 4 is 11.8 Å². The summed E-state index contributed by atoms with van der Waals surface area (Å²) in [6.45, 7) is 4.19. The summed E-state index contributed by atoms with van der Waals surface area (Å²) < 4.78 is 5.77. The SMILES string of the molecule is CS[C@@H]1OC(CN=[N+]=[N-])[C@@H](C)[C@H](O)C1C. The van der Waals surface area contributed by atoms with Crippen LogP contribution in [0.2, 0.25) is 0 Å². The minimum Gasteiger partial charge on any atom is -0.392 e. The fourth-order valence-corrected chi connectivity index (χ4v) is 2.72. The molecule has 2 unspecified atom stereocenters. The Morgan fingerprint density at radius 1 is 1.47 bits per heavy atom. The summed E-state index contributed by atoms with van der Waals surface area (Å²) in [6, 6.07) is 0. The quantitative estimate of drug-likeness (QED) is 0.458. The third-order valence-electron chi connectivity index (χ3n) is 2.96. The second-order valence-electron chi connectivity index (χ2n) is 3.90. The summed E-state index contributed by atoms with van der Waals surface area (Å²) in [7, 11) is 0. The number of ether oxygens (including phenoxy) is 1. The Morgan fingerprint density at radius 2 is 2.13 bits per heavy atom. The maximum Gasteiger partial charge on any atom is 0.108 e. The molecule has 6 heteroatoms. The van der Waals surface area contributed by atoms with Crippen LogP contribution in [0, 0.1) is 11.8 Å². The molecule has 0 saturated carbocycles. The highest BCUT2D eigenvalue weighted by molar-refractivity contribution is 7.99. The number of nitrogens with zero attached hydrogens (tertiary/aromatic N) is 3. The fraction of sp³-hybridized carbons (Fsp3) is 1.00. The Hall–Kier alpha value is -0.420. The average Bonchev–Trinajstić information content (AvgIpc) is 2.25. The molecule has 1 rings (SSSR count). The van der Waals surface area contributed by atoms with Crippen LogP contribution in [0.15, 0.2) is 5.11 Å². The topological polar surface area (TPSA) is 78.2 Å². The Bertz CT molecular complexity index is 256. The van der Waals surface area contributed by atoms with Crippen molar-refractivity contribution in [2.45, 2.75) is 31.5 Å². The van der Waals surface area contributed by atoms with Gasteiger partial charge in [0, 0.05) is 16.7 Å². The van der Waals surface area contributed by atoms with E-state index in [-0.39, 0.29) is 23.4 Å². The van der Waals surface area contributed by atoms with Crippen molar-refractivity contribution in [1.82, 2.24) is 0 Å². The Kier molecular flexibility index (Phi) is 4.73. The molecule has 0 aliphatic carbocycles. The summed E-state index contributed by atoms with van der Waals surface area (Å²) in [4.78, 5) is 2.72. The van der Waals surface area contributed by atoms with Crippen LogP contribution in [0.4, 0.5) is 0 Å². The minimum absolute atomic E-state index is 0.00824. The van der Waals surface area contributed by atoms with Gasteiger partial charge in [-0.05, 0) is 11.8 Å². The summed E-state index contributed by atoms with van der Waals surface area (Å²) in [5.41, 5.74) is 8.24. The Balaban J connectivity index is 2.69. The lowest BCUT2D eigenvalue weighted by Gasteiger charge is -2.41. The molecule has 0 bridgehead atoms. The number of aliphatic hydroxyl groups excluding tert-OH is 1. The van der Waals surface area contributed by atoms with Crippen LogP contribution >= 0.6 is 11.8 Å². The lowest BCUT2D eigenvalue weighted by molar-refractivity contribution is -0.127. The largest absolute Gasteiger partial charge is 0.392 e. The second kappa shape index (κ2) is 5.61. The molecule has 15 heavy (non-hydrogen) atoms. The highest BCUT2D eigenvalue weighted by Gasteiger charge is 2.39. The van der Waals surface area contributed by atoms with Crippen LogP contribution in [0.3, 0.4) is 0 Å². The van der Waals surface area contributed by atoms with E-state index in [2.05, 4.69) is 10.0 Å². The molecule has 1 fully saturated rings. The first-order chi connectivity index (χ1) is 7.11. The summed E-state index contributed by atoms with van der Waals surface area (Å²) in [6.07, 6.45) is 1.38. The van der Waals surface area contributed by atoms with Gasteiger partial charge in [0.2, 0.25) is 0 Å². The van der Waals surface area contributed by atoms with Gasteiger partial charge in [-0.3, -0.25) is 0 Å². The molecular formula is C9H17N3O2S. The zero-order valence-electron chi connectivity index (χ0n) is 9.20. The number of rotatable bonds is 3. The molecule has 5 atom stereocenters. The fourth-order valence-electron chi connectivity index (χ4n) is 1.88. The highest BCUT2D eigenvalue weighted by atomic mass is 32.2. The molecule has 1 N–H and O–H groups in total. The zero-order chi connectivity index (χ0) is 11.4. The monoisotopic (exact) mass is 231 g/mol. The van der Waals surface area contributed by atoms with Crippen molar-refractivity contribution in [2.75, 3.05) is 12.8 Å². The lowest BCUT2D eigenvalue weighted by atomic mass is 9.87. The van der Waals surface area contributed by atoms with Gasteiger partial charge < -0.3 is 9.84 Å². The molecule has 1 aliphatic heterocycles. The van der Waals surface area contributed by atoms with Gasteiger partial charge in [0.15, 0.2) is 0 Å². The van der Waals surface area contributed by atoms with E-state index in [1.807, 2.05) is 20.1 Å². The predicted octanol–water partition coefficient (Wildman–Crippen LogP) is 2.02. The standard InChI is InChI=1S/C9H17N3O2S/c1-5-7(4-11-12-10)14-9(15-3)6(2)8(5)13/h5-9,13H,4H2,1-3H3/t5-,6?,7?,8+,9+/m1/s1. The van der Waals surface area contributed by atoms with Crippen molar-refractivity contribution in [1.29, 1.82) is 0 Å². The number of aliphatic hydroxyl groups is 1. The van der Waals surface area contributed by atoms with Gasteiger partial charge in [-0.15, -0.1) is 11.8 Å². The summed E-state index contributed by atoms with van der Waals surface area (Å²) in [5.74, 6) is 0.117. The number of hydrogen-bond donors (Lipinski definition) is 1. The molecule has 0 aromatic carbocycles. The van der Waals surface area contributed by atoms with Gasteiger partial charge in [-0.25, -0.2) is 0 Å². The van der Waals surface area contributed by atoms with Crippen LogP contribution in [-0.2, 0) is 4.74 Å². The van der Waals surface area contributed by atoms with Gasteiger partial charge in [0.1, 0.15) is 5.44 Å². The molecule has 0 amide bonds. The molecule has 1 saturated heterocycles. The third-order valence-corrected chi connectivity index (χ3v) is 3.96. The molecular weight excluding hydrogens is 214 g/mol. The number of hydrogen-bond acceptors (Lipinski definition) is 4. The van der Waals surface area contributed by atoms with Gasteiger partial charge >= 0.3 is 0 Å². The molecule has 1 aliphatic rings. The van der Waals surface area contributed by atoms with Crippen molar-refractivity contribution in [2.24, 2.45) is 17.0 Å². The molecule has 0 aromatic heterocycles. The number of azide groups is 1. The lowest BCUT2D eigenvalue weighted by Crippen LogP contribution is -2.48. The average molecular weight is 231 g/mol. The van der Waals surface area contributed by atoms with Crippen LogP contribution in [0.5, 0.6) is 0 Å². The summed E-state index contributed by atoms with van der Waals surface area (Å²) >= 11 is 1.58. The second-order valence-corrected chi connectivity index (χ2v) is 4.84. The third kappa shape index (κ3) is 2.78. The number of thioether (sulfide) groups is 1. The Labute approximate surface area is 93.8 Å². The first-order valence-corrected chi connectivity index (χ1v) is 6.27. The van der Waals surface area contributed by atoms with Crippen molar-refractivity contribution in [3.8, 4) is 0 Å².